The molecular formula is C28H22O3. The van der Waals surface area contributed by atoms with Crippen LogP contribution in [0.5, 0.6) is 11.5 Å². The Bertz CT molecular complexity index is 1310. The molecule has 0 aliphatic carbocycles. The predicted octanol–water partition coefficient (Wildman–Crippen LogP) is 5.64. The number of hydrogen-bond acceptors (Lipinski definition) is 3. The quantitative estimate of drug-likeness (QED) is 0.341. The first-order valence-electron chi connectivity index (χ1n) is 10.1. The zero-order valence-corrected chi connectivity index (χ0v) is 17.2. The predicted molar refractivity (Wildman–Crippen MR) is 124 cm³/mol. The van der Waals surface area contributed by atoms with Crippen LogP contribution < -0.4 is 0 Å². The molecule has 3 nitrogen and oxygen atoms in total. The van der Waals surface area contributed by atoms with Crippen LogP contribution in [0.15, 0.2) is 78.9 Å². The molecule has 0 aliphatic rings. The minimum Gasteiger partial charge on any atom is -0.507 e. The van der Waals surface area contributed by atoms with Gasteiger partial charge in [0.1, 0.15) is 11.5 Å². The summed E-state index contributed by atoms with van der Waals surface area (Å²) in [5, 5.41) is 22.8. The lowest BCUT2D eigenvalue weighted by Gasteiger charge is -2.11. The molecule has 0 aliphatic heterocycles. The third kappa shape index (κ3) is 4.60. The summed E-state index contributed by atoms with van der Waals surface area (Å²) in [4.78, 5) is 11.5. The van der Waals surface area contributed by atoms with Gasteiger partial charge in [0.2, 0.25) is 0 Å². The third-order valence-electron chi connectivity index (χ3n) is 5.31. The van der Waals surface area contributed by atoms with Gasteiger partial charge in [-0.25, -0.2) is 0 Å². The van der Waals surface area contributed by atoms with E-state index in [9.17, 15) is 15.0 Å². The first kappa shape index (κ1) is 20.3. The molecule has 0 spiro atoms. The van der Waals surface area contributed by atoms with Gasteiger partial charge in [-0.2, -0.15) is 0 Å². The Morgan fingerprint density at radius 2 is 1.61 bits per heavy atom. The van der Waals surface area contributed by atoms with E-state index in [2.05, 4.69) is 11.8 Å². The molecule has 152 valence electrons. The van der Waals surface area contributed by atoms with Crippen LogP contribution in [0.4, 0.5) is 0 Å². The number of ketones is 1. The average molecular weight is 406 g/mol. The summed E-state index contributed by atoms with van der Waals surface area (Å²) >= 11 is 0. The van der Waals surface area contributed by atoms with Crippen molar-refractivity contribution in [2.75, 3.05) is 0 Å². The monoisotopic (exact) mass is 406 g/mol. The van der Waals surface area contributed by atoms with E-state index in [1.807, 2.05) is 60.7 Å². The topological polar surface area (TPSA) is 57.5 Å². The molecule has 0 aromatic heterocycles. The van der Waals surface area contributed by atoms with Crippen LogP contribution in [0.2, 0.25) is 0 Å². The van der Waals surface area contributed by atoms with Gasteiger partial charge in [0.25, 0.3) is 0 Å². The lowest BCUT2D eigenvalue weighted by molar-refractivity contribution is 0.101. The van der Waals surface area contributed by atoms with Gasteiger partial charge in [0.15, 0.2) is 5.78 Å². The molecule has 0 saturated heterocycles. The summed E-state index contributed by atoms with van der Waals surface area (Å²) in [6, 6.07) is 24.5. The molecule has 0 amide bonds. The fourth-order valence-electron chi connectivity index (χ4n) is 3.56. The molecule has 0 fully saturated rings. The highest BCUT2D eigenvalue weighted by atomic mass is 16.3. The molecule has 4 rings (SSSR count). The zero-order chi connectivity index (χ0) is 21.8. The van der Waals surface area contributed by atoms with Gasteiger partial charge in [-0.15, -0.1) is 0 Å². The standard InChI is InChI=1S/C28H22O3/c1-19(29)23-13-10-22(11-14-23)17-26-27(30)18-24-15-12-21(16-25(24)28(26)31)9-5-8-20-6-3-2-4-7-20/h2-4,6-7,10-16,18,30-31H,8,17H2,1H3. The van der Waals surface area contributed by atoms with E-state index in [1.165, 1.54) is 6.92 Å². The summed E-state index contributed by atoms with van der Waals surface area (Å²) in [5.74, 6) is 6.43. The molecule has 0 bridgehead atoms. The van der Waals surface area contributed by atoms with Gasteiger partial charge in [-0.1, -0.05) is 72.5 Å². The first-order valence-corrected chi connectivity index (χ1v) is 10.1. The molecule has 31 heavy (non-hydrogen) atoms. The van der Waals surface area contributed by atoms with Crippen LogP contribution >= 0.6 is 0 Å². The first-order chi connectivity index (χ1) is 15.0. The van der Waals surface area contributed by atoms with E-state index in [-0.39, 0.29) is 17.3 Å². The van der Waals surface area contributed by atoms with Crippen molar-refractivity contribution >= 4 is 16.6 Å². The van der Waals surface area contributed by atoms with Crippen LogP contribution in [0.3, 0.4) is 0 Å². The van der Waals surface area contributed by atoms with E-state index in [0.29, 0.717) is 29.4 Å². The summed E-state index contributed by atoms with van der Waals surface area (Å²) in [7, 11) is 0. The number of benzene rings is 4. The fraction of sp³-hybridized carbons (Fsp3) is 0.107. The number of rotatable bonds is 4. The van der Waals surface area contributed by atoms with E-state index < -0.39 is 0 Å². The number of phenolic OH excluding ortho intramolecular Hbond substituents is 2. The van der Waals surface area contributed by atoms with Crippen molar-refractivity contribution in [1.82, 2.24) is 0 Å². The Morgan fingerprint density at radius 1 is 0.871 bits per heavy atom. The number of carbonyl (C=O) groups is 1. The molecule has 4 aromatic carbocycles. The summed E-state index contributed by atoms with van der Waals surface area (Å²) in [5.41, 5.74) is 3.95. The van der Waals surface area contributed by atoms with Gasteiger partial charge in [0.05, 0.1) is 0 Å². The second-order valence-electron chi connectivity index (χ2n) is 7.55. The SMILES string of the molecule is CC(=O)c1ccc(Cc2c(O)cc3ccc(C#CCc4ccccc4)cc3c2O)cc1. The van der Waals surface area contributed by atoms with Crippen molar-refractivity contribution < 1.29 is 15.0 Å². The van der Waals surface area contributed by atoms with Crippen molar-refractivity contribution in [1.29, 1.82) is 0 Å². The second kappa shape index (κ2) is 8.77. The molecule has 0 atom stereocenters. The Hall–Kier alpha value is -4.03. The molecular weight excluding hydrogens is 384 g/mol. The smallest absolute Gasteiger partial charge is 0.159 e. The molecule has 2 N–H and O–H groups in total. The molecule has 0 unspecified atom stereocenters. The van der Waals surface area contributed by atoms with Crippen LogP contribution in [0.1, 0.15) is 39.5 Å². The van der Waals surface area contributed by atoms with E-state index in [4.69, 9.17) is 0 Å². The number of phenols is 2. The summed E-state index contributed by atoms with van der Waals surface area (Å²) in [6.07, 6.45) is 1.01. The number of hydrogen-bond donors (Lipinski definition) is 2. The van der Waals surface area contributed by atoms with Crippen molar-refractivity contribution in [3.8, 4) is 23.3 Å². The van der Waals surface area contributed by atoms with Crippen molar-refractivity contribution in [3.63, 3.8) is 0 Å². The Balaban J connectivity index is 1.63. The van der Waals surface area contributed by atoms with Crippen LogP contribution in [0.25, 0.3) is 10.8 Å². The van der Waals surface area contributed by atoms with Gasteiger partial charge in [0, 0.05) is 34.9 Å². The minimum absolute atomic E-state index is 0.00357. The van der Waals surface area contributed by atoms with Crippen molar-refractivity contribution in [2.45, 2.75) is 19.8 Å². The van der Waals surface area contributed by atoms with Gasteiger partial charge < -0.3 is 10.2 Å². The highest BCUT2D eigenvalue weighted by Gasteiger charge is 2.14. The largest absolute Gasteiger partial charge is 0.507 e. The average Bonchev–Trinajstić information content (AvgIpc) is 2.78. The lowest BCUT2D eigenvalue weighted by Crippen LogP contribution is -1.95. The van der Waals surface area contributed by atoms with Crippen LogP contribution in [-0.2, 0) is 12.8 Å². The van der Waals surface area contributed by atoms with Crippen molar-refractivity contribution in [3.05, 3.63) is 107 Å². The van der Waals surface area contributed by atoms with Gasteiger partial charge >= 0.3 is 0 Å². The van der Waals surface area contributed by atoms with E-state index in [1.54, 1.807) is 18.2 Å². The Labute approximate surface area is 181 Å². The number of carbonyl (C=O) groups excluding carboxylic acids is 1. The fourth-order valence-corrected chi connectivity index (χ4v) is 3.56. The third-order valence-corrected chi connectivity index (χ3v) is 5.31. The molecule has 4 aromatic rings. The highest BCUT2D eigenvalue weighted by molar-refractivity contribution is 5.94. The van der Waals surface area contributed by atoms with Crippen LogP contribution in [-0.4, -0.2) is 16.0 Å². The number of fused-ring (bicyclic) bond motifs is 1. The Kier molecular flexibility index (Phi) is 5.73. The maximum Gasteiger partial charge on any atom is 0.159 e. The molecule has 0 radical (unpaired) electrons. The Morgan fingerprint density at radius 3 is 2.32 bits per heavy atom. The van der Waals surface area contributed by atoms with E-state index in [0.717, 1.165) is 22.1 Å². The normalized spacial score (nSPS) is 10.5. The zero-order valence-electron chi connectivity index (χ0n) is 17.2. The highest BCUT2D eigenvalue weighted by Crippen LogP contribution is 2.37. The van der Waals surface area contributed by atoms with Gasteiger partial charge in [-0.3, -0.25) is 4.79 Å². The molecule has 3 heteroatoms. The maximum atomic E-state index is 11.5. The molecule has 0 heterocycles. The van der Waals surface area contributed by atoms with Gasteiger partial charge in [-0.05, 0) is 41.6 Å². The lowest BCUT2D eigenvalue weighted by atomic mass is 9.96. The number of aromatic hydroxyl groups is 2. The molecule has 0 saturated carbocycles. The second-order valence-corrected chi connectivity index (χ2v) is 7.55. The van der Waals surface area contributed by atoms with Crippen LogP contribution in [0, 0.1) is 11.8 Å². The minimum atomic E-state index is 0.00357. The van der Waals surface area contributed by atoms with E-state index >= 15 is 0 Å². The van der Waals surface area contributed by atoms with Crippen molar-refractivity contribution in [2.24, 2.45) is 0 Å². The number of Topliss-reactive ketones (excluding diaryl/α,β-unsaturated/α-hetero) is 1. The maximum absolute atomic E-state index is 11.5. The summed E-state index contributed by atoms with van der Waals surface area (Å²) < 4.78 is 0. The summed E-state index contributed by atoms with van der Waals surface area (Å²) in [6.45, 7) is 1.52.